The summed E-state index contributed by atoms with van der Waals surface area (Å²) in [6, 6.07) is 12.3. The van der Waals surface area contributed by atoms with Crippen LogP contribution in [0.1, 0.15) is 31.1 Å². The minimum absolute atomic E-state index is 0. The molecule has 1 aromatic heterocycles. The molecule has 0 atom stereocenters. The summed E-state index contributed by atoms with van der Waals surface area (Å²) in [6.45, 7) is 8.85. The number of halogens is 1. The maximum Gasteiger partial charge on any atom is 0.260 e. The van der Waals surface area contributed by atoms with Crippen molar-refractivity contribution in [3.05, 3.63) is 48.0 Å². The highest BCUT2D eigenvalue weighted by Crippen LogP contribution is 2.34. The zero-order valence-corrected chi connectivity index (χ0v) is 22.5. The number of carbonyl (C=O) groups excluding carboxylic acids is 1. The molecule has 0 spiro atoms. The lowest BCUT2D eigenvalue weighted by molar-refractivity contribution is 0.0983. The van der Waals surface area contributed by atoms with Gasteiger partial charge in [-0.05, 0) is 55.7 Å². The van der Waals surface area contributed by atoms with Crippen molar-refractivity contribution in [1.82, 2.24) is 9.88 Å². The van der Waals surface area contributed by atoms with Gasteiger partial charge in [0.25, 0.3) is 5.91 Å². The number of sulfone groups is 1. The molecule has 0 aliphatic rings. The molecule has 0 aliphatic carbocycles. The number of aromatic nitrogens is 1. The first-order valence-corrected chi connectivity index (χ1v) is 14.3. The lowest BCUT2D eigenvalue weighted by atomic mass is 10.2. The third-order valence-electron chi connectivity index (χ3n) is 5.44. The molecule has 0 bridgehead atoms. The maximum atomic E-state index is 13.5. The van der Waals surface area contributed by atoms with Crippen LogP contribution in [-0.4, -0.2) is 62.4 Å². The normalized spacial score (nSPS) is 11.5. The van der Waals surface area contributed by atoms with E-state index in [1.54, 1.807) is 35.7 Å². The Morgan fingerprint density at radius 2 is 1.70 bits per heavy atom. The number of likely N-dealkylation sites (N-methyl/N-ethyl adjacent to an activating group) is 1. The van der Waals surface area contributed by atoms with Crippen LogP contribution in [0.3, 0.4) is 0 Å². The number of para-hydroxylation sites is 1. The minimum Gasteiger partial charge on any atom is -0.302 e. The fraction of sp³-hybridized carbons (Fsp3) is 0.391. The van der Waals surface area contributed by atoms with Crippen molar-refractivity contribution in [3.63, 3.8) is 0 Å². The first kappa shape index (κ1) is 27.6. The average molecular weight is 528 g/mol. The molecule has 1 amide bonds. The van der Waals surface area contributed by atoms with E-state index in [4.69, 9.17) is 4.98 Å². The van der Waals surface area contributed by atoms with E-state index in [2.05, 4.69) is 18.7 Å². The Bertz CT molecular complexity index is 1180. The van der Waals surface area contributed by atoms with Crippen LogP contribution in [0.25, 0.3) is 10.2 Å². The number of fused-ring (bicyclic) bond motifs is 1. The fourth-order valence-corrected chi connectivity index (χ4v) is 5.91. The standard InChI is InChI=1S/C23H29N3O3S3.ClH/c1-5-25(6-2)15-16-26(23-24-21-19(30-4)9-8-10-20(21)31-23)22(27)17-11-13-18(14-12-17)32(28,29)7-3;/h8-14H,5-7,15-16H2,1-4H3;1H. The van der Waals surface area contributed by atoms with Crippen LogP contribution in [-0.2, 0) is 9.84 Å². The Morgan fingerprint density at radius 1 is 1.03 bits per heavy atom. The van der Waals surface area contributed by atoms with Crippen molar-refractivity contribution < 1.29 is 13.2 Å². The predicted molar refractivity (Wildman–Crippen MR) is 142 cm³/mol. The number of rotatable bonds is 10. The molecule has 0 unspecified atom stereocenters. The molecule has 1 heterocycles. The molecule has 33 heavy (non-hydrogen) atoms. The predicted octanol–water partition coefficient (Wildman–Crippen LogP) is 5.22. The lowest BCUT2D eigenvalue weighted by Gasteiger charge is -2.24. The molecule has 0 saturated carbocycles. The van der Waals surface area contributed by atoms with Crippen LogP contribution < -0.4 is 4.90 Å². The van der Waals surface area contributed by atoms with E-state index in [1.807, 2.05) is 24.5 Å². The molecule has 0 saturated heterocycles. The number of nitrogens with zero attached hydrogens (tertiary/aromatic N) is 3. The van der Waals surface area contributed by atoms with Gasteiger partial charge in [-0.1, -0.05) is 38.2 Å². The third kappa shape index (κ3) is 6.27. The summed E-state index contributed by atoms with van der Waals surface area (Å²) in [7, 11) is -3.31. The molecule has 0 aliphatic heterocycles. The zero-order valence-electron chi connectivity index (χ0n) is 19.3. The van der Waals surface area contributed by atoms with Gasteiger partial charge in [-0.25, -0.2) is 13.4 Å². The Kier molecular flexibility index (Phi) is 10.2. The summed E-state index contributed by atoms with van der Waals surface area (Å²) in [5.74, 6) is -0.151. The number of carbonyl (C=O) groups is 1. The van der Waals surface area contributed by atoms with E-state index in [-0.39, 0.29) is 29.0 Å². The third-order valence-corrected chi connectivity index (χ3v) is 9.00. The summed E-state index contributed by atoms with van der Waals surface area (Å²) in [6.07, 6.45) is 2.02. The molecular formula is C23H30ClN3O3S3. The number of amides is 1. The second kappa shape index (κ2) is 12.2. The van der Waals surface area contributed by atoms with Crippen LogP contribution in [0, 0.1) is 0 Å². The zero-order chi connectivity index (χ0) is 23.3. The molecule has 3 rings (SSSR count). The molecule has 0 radical (unpaired) electrons. The average Bonchev–Trinajstić information content (AvgIpc) is 3.25. The van der Waals surface area contributed by atoms with Gasteiger partial charge in [-0.3, -0.25) is 9.69 Å². The first-order chi connectivity index (χ1) is 15.3. The summed E-state index contributed by atoms with van der Waals surface area (Å²) in [4.78, 5) is 23.6. The largest absolute Gasteiger partial charge is 0.302 e. The summed E-state index contributed by atoms with van der Waals surface area (Å²) >= 11 is 3.14. The quantitative estimate of drug-likeness (QED) is 0.336. The van der Waals surface area contributed by atoms with Crippen molar-refractivity contribution in [1.29, 1.82) is 0 Å². The van der Waals surface area contributed by atoms with Gasteiger partial charge in [-0.2, -0.15) is 0 Å². The Hall–Kier alpha value is -1.65. The molecule has 3 aromatic rings. The number of anilines is 1. The number of thioether (sulfide) groups is 1. The number of hydrogen-bond acceptors (Lipinski definition) is 7. The number of hydrogen-bond donors (Lipinski definition) is 0. The van der Waals surface area contributed by atoms with Crippen LogP contribution in [0.2, 0.25) is 0 Å². The van der Waals surface area contributed by atoms with Gasteiger partial charge in [0.05, 0.1) is 20.9 Å². The van der Waals surface area contributed by atoms with Gasteiger partial charge in [0.15, 0.2) is 15.0 Å². The van der Waals surface area contributed by atoms with Crippen molar-refractivity contribution in [2.24, 2.45) is 0 Å². The molecule has 180 valence electrons. The molecule has 10 heteroatoms. The smallest absolute Gasteiger partial charge is 0.260 e. The Balaban J connectivity index is 0.00000385. The second-order valence-electron chi connectivity index (χ2n) is 7.21. The van der Waals surface area contributed by atoms with E-state index >= 15 is 0 Å². The van der Waals surface area contributed by atoms with Crippen molar-refractivity contribution in [3.8, 4) is 0 Å². The van der Waals surface area contributed by atoms with E-state index < -0.39 is 9.84 Å². The minimum atomic E-state index is -3.31. The molecule has 6 nitrogen and oxygen atoms in total. The highest BCUT2D eigenvalue weighted by Gasteiger charge is 2.23. The van der Waals surface area contributed by atoms with Gasteiger partial charge in [0.1, 0.15) is 0 Å². The van der Waals surface area contributed by atoms with Crippen molar-refractivity contribution >= 4 is 66.6 Å². The maximum absolute atomic E-state index is 13.5. The Labute approximate surface area is 210 Å². The summed E-state index contributed by atoms with van der Waals surface area (Å²) < 4.78 is 25.3. The number of thiazole rings is 1. The molecule has 0 fully saturated rings. The number of benzene rings is 2. The van der Waals surface area contributed by atoms with Gasteiger partial charge in [-0.15, -0.1) is 24.2 Å². The van der Waals surface area contributed by atoms with Crippen LogP contribution in [0.4, 0.5) is 5.13 Å². The monoisotopic (exact) mass is 527 g/mol. The summed E-state index contributed by atoms with van der Waals surface area (Å²) in [5.41, 5.74) is 1.36. The molecule has 0 N–H and O–H groups in total. The summed E-state index contributed by atoms with van der Waals surface area (Å²) in [5, 5.41) is 0.656. The van der Waals surface area contributed by atoms with Gasteiger partial charge >= 0.3 is 0 Å². The second-order valence-corrected chi connectivity index (χ2v) is 11.4. The first-order valence-electron chi connectivity index (χ1n) is 10.6. The van der Waals surface area contributed by atoms with E-state index in [0.29, 0.717) is 17.2 Å². The Morgan fingerprint density at radius 3 is 2.27 bits per heavy atom. The molecule has 2 aromatic carbocycles. The van der Waals surface area contributed by atoms with Gasteiger partial charge < -0.3 is 4.90 Å². The van der Waals surface area contributed by atoms with Crippen LogP contribution in [0.15, 0.2) is 52.3 Å². The van der Waals surface area contributed by atoms with E-state index in [1.165, 1.54) is 23.5 Å². The van der Waals surface area contributed by atoms with Crippen molar-refractivity contribution in [2.75, 3.05) is 43.1 Å². The molecular weight excluding hydrogens is 498 g/mol. The highest BCUT2D eigenvalue weighted by molar-refractivity contribution is 7.98. The van der Waals surface area contributed by atoms with Gasteiger partial charge in [0.2, 0.25) is 0 Å². The fourth-order valence-electron chi connectivity index (χ4n) is 3.38. The van der Waals surface area contributed by atoms with Crippen LogP contribution in [0.5, 0.6) is 0 Å². The van der Waals surface area contributed by atoms with E-state index in [9.17, 15) is 13.2 Å². The lowest BCUT2D eigenvalue weighted by Crippen LogP contribution is -2.38. The van der Waals surface area contributed by atoms with E-state index in [0.717, 1.165) is 34.7 Å². The highest BCUT2D eigenvalue weighted by atomic mass is 35.5. The topological polar surface area (TPSA) is 70.6 Å². The van der Waals surface area contributed by atoms with Crippen LogP contribution >= 0.6 is 35.5 Å². The van der Waals surface area contributed by atoms with Gasteiger partial charge in [0, 0.05) is 23.5 Å². The SMILES string of the molecule is CCN(CC)CCN(C(=O)c1ccc(S(=O)(=O)CC)cc1)c1nc2c(SC)cccc2s1.Cl. The van der Waals surface area contributed by atoms with Crippen molar-refractivity contribution in [2.45, 2.75) is 30.6 Å².